The van der Waals surface area contributed by atoms with Gasteiger partial charge in [0.25, 0.3) is 0 Å². The van der Waals surface area contributed by atoms with Gasteiger partial charge in [-0.2, -0.15) is 0 Å². The predicted octanol–water partition coefficient (Wildman–Crippen LogP) is 3.24. The number of carbonyl (C=O) groups excluding carboxylic acids is 1. The molecule has 0 unspecified atom stereocenters. The van der Waals surface area contributed by atoms with Gasteiger partial charge in [0.15, 0.2) is 0 Å². The Morgan fingerprint density at radius 2 is 1.84 bits per heavy atom. The maximum atomic E-state index is 12.0. The lowest BCUT2D eigenvalue weighted by Crippen LogP contribution is -2.29. The standard InChI is InChI=1S/C14H19NO3S/c1-4-14(2,3)13(18)15-10-5-7-11(8-6-10)19-9-12(16)17/h5-8H,4,9H2,1-3H3,(H,15,18)(H,16,17). The highest BCUT2D eigenvalue weighted by atomic mass is 32.2. The smallest absolute Gasteiger partial charge is 0.313 e. The van der Waals surface area contributed by atoms with Crippen molar-refractivity contribution in [3.63, 3.8) is 0 Å². The van der Waals surface area contributed by atoms with Crippen LogP contribution in [0.1, 0.15) is 27.2 Å². The molecule has 0 saturated carbocycles. The molecule has 2 N–H and O–H groups in total. The molecule has 0 spiro atoms. The second-order valence-electron chi connectivity index (χ2n) is 4.90. The van der Waals surface area contributed by atoms with Crippen molar-refractivity contribution in [2.45, 2.75) is 32.1 Å². The molecule has 0 radical (unpaired) electrons. The van der Waals surface area contributed by atoms with Crippen LogP contribution in [0.2, 0.25) is 0 Å². The first-order valence-corrected chi connectivity index (χ1v) is 7.10. The Bertz CT molecular complexity index is 454. The van der Waals surface area contributed by atoms with Gasteiger partial charge in [-0.05, 0) is 30.7 Å². The lowest BCUT2D eigenvalue weighted by molar-refractivity contribution is -0.134. The molecule has 0 aliphatic carbocycles. The molecule has 1 rings (SSSR count). The maximum Gasteiger partial charge on any atom is 0.313 e. The molecule has 1 aromatic carbocycles. The number of carboxylic acids is 1. The zero-order valence-electron chi connectivity index (χ0n) is 11.4. The highest BCUT2D eigenvalue weighted by Crippen LogP contribution is 2.24. The molecule has 0 aliphatic heterocycles. The van der Waals surface area contributed by atoms with Crippen molar-refractivity contribution in [3.05, 3.63) is 24.3 Å². The van der Waals surface area contributed by atoms with Gasteiger partial charge in [0.2, 0.25) is 5.91 Å². The SMILES string of the molecule is CCC(C)(C)C(=O)Nc1ccc(SCC(=O)O)cc1. The molecule has 1 aromatic rings. The summed E-state index contributed by atoms with van der Waals surface area (Å²) in [6.07, 6.45) is 0.769. The fourth-order valence-corrected chi connectivity index (χ4v) is 1.86. The summed E-state index contributed by atoms with van der Waals surface area (Å²) in [7, 11) is 0. The van der Waals surface area contributed by atoms with Gasteiger partial charge in [-0.15, -0.1) is 11.8 Å². The Morgan fingerprint density at radius 3 is 2.32 bits per heavy atom. The first kappa shape index (κ1) is 15.6. The third-order valence-electron chi connectivity index (χ3n) is 2.97. The van der Waals surface area contributed by atoms with Gasteiger partial charge < -0.3 is 10.4 Å². The van der Waals surface area contributed by atoms with Gasteiger partial charge in [0.05, 0.1) is 5.75 Å². The van der Waals surface area contributed by atoms with Crippen LogP contribution in [0.25, 0.3) is 0 Å². The van der Waals surface area contributed by atoms with E-state index in [1.165, 1.54) is 11.8 Å². The van der Waals surface area contributed by atoms with Crippen molar-refractivity contribution in [2.75, 3.05) is 11.1 Å². The summed E-state index contributed by atoms with van der Waals surface area (Å²) in [5, 5.41) is 11.4. The molecule has 0 heterocycles. The van der Waals surface area contributed by atoms with Crippen molar-refractivity contribution >= 4 is 29.3 Å². The van der Waals surface area contributed by atoms with Gasteiger partial charge >= 0.3 is 5.97 Å². The Labute approximate surface area is 117 Å². The van der Waals surface area contributed by atoms with Crippen molar-refractivity contribution in [2.24, 2.45) is 5.41 Å². The van der Waals surface area contributed by atoms with E-state index < -0.39 is 11.4 Å². The third-order valence-corrected chi connectivity index (χ3v) is 3.97. The molecule has 19 heavy (non-hydrogen) atoms. The molecular weight excluding hydrogens is 262 g/mol. The first-order valence-electron chi connectivity index (χ1n) is 6.11. The fourth-order valence-electron chi connectivity index (χ4n) is 1.24. The number of carboxylic acid groups (broad SMARTS) is 1. The van der Waals surface area contributed by atoms with E-state index in [0.29, 0.717) is 0 Å². The fraction of sp³-hybridized carbons (Fsp3) is 0.429. The van der Waals surface area contributed by atoms with Gasteiger partial charge in [0.1, 0.15) is 0 Å². The number of aliphatic carboxylic acids is 1. The summed E-state index contributed by atoms with van der Waals surface area (Å²) in [6.45, 7) is 5.78. The lowest BCUT2D eigenvalue weighted by Gasteiger charge is -2.21. The highest BCUT2D eigenvalue weighted by molar-refractivity contribution is 8.00. The van der Waals surface area contributed by atoms with Crippen LogP contribution in [0.4, 0.5) is 5.69 Å². The first-order chi connectivity index (χ1) is 8.85. The van der Waals surface area contributed by atoms with Crippen LogP contribution in [0, 0.1) is 5.41 Å². The van der Waals surface area contributed by atoms with Crippen LogP contribution in [-0.2, 0) is 9.59 Å². The number of hydrogen-bond donors (Lipinski definition) is 2. The van der Waals surface area contributed by atoms with E-state index in [9.17, 15) is 9.59 Å². The number of carbonyl (C=O) groups is 2. The highest BCUT2D eigenvalue weighted by Gasteiger charge is 2.25. The van der Waals surface area contributed by atoms with Crippen LogP contribution < -0.4 is 5.32 Å². The summed E-state index contributed by atoms with van der Waals surface area (Å²) < 4.78 is 0. The zero-order chi connectivity index (χ0) is 14.5. The Balaban J connectivity index is 2.62. The molecular formula is C14H19NO3S. The van der Waals surface area contributed by atoms with E-state index in [2.05, 4.69) is 5.32 Å². The molecule has 104 valence electrons. The summed E-state index contributed by atoms with van der Waals surface area (Å²) in [5.41, 5.74) is 0.336. The molecule has 0 aliphatic rings. The van der Waals surface area contributed by atoms with Crippen LogP contribution >= 0.6 is 11.8 Å². The van der Waals surface area contributed by atoms with Crippen LogP contribution in [0.3, 0.4) is 0 Å². The number of anilines is 1. The topological polar surface area (TPSA) is 66.4 Å². The monoisotopic (exact) mass is 281 g/mol. The minimum absolute atomic E-state index is 0.0130. The molecule has 4 nitrogen and oxygen atoms in total. The molecule has 0 bridgehead atoms. The molecule has 0 aromatic heterocycles. The third kappa shape index (κ3) is 4.95. The number of amides is 1. The number of benzene rings is 1. The number of nitrogens with one attached hydrogen (secondary N) is 1. The largest absolute Gasteiger partial charge is 0.481 e. The number of rotatable bonds is 6. The maximum absolute atomic E-state index is 12.0. The van der Waals surface area contributed by atoms with Gasteiger partial charge in [0, 0.05) is 16.0 Å². The summed E-state index contributed by atoms with van der Waals surface area (Å²) >= 11 is 1.25. The van der Waals surface area contributed by atoms with Crippen molar-refractivity contribution < 1.29 is 14.7 Å². The van der Waals surface area contributed by atoms with Gasteiger partial charge in [-0.1, -0.05) is 20.8 Å². The summed E-state index contributed by atoms with van der Waals surface area (Å²) in [4.78, 5) is 23.3. The normalized spacial score (nSPS) is 11.1. The average Bonchev–Trinajstić information content (AvgIpc) is 2.37. The Hall–Kier alpha value is -1.49. The van der Waals surface area contributed by atoms with E-state index in [0.717, 1.165) is 17.0 Å². The van der Waals surface area contributed by atoms with Crippen LogP contribution in [0.15, 0.2) is 29.2 Å². The Kier molecular flexibility index (Phi) is 5.42. The van der Waals surface area contributed by atoms with Crippen LogP contribution in [0.5, 0.6) is 0 Å². The minimum atomic E-state index is -0.841. The van der Waals surface area contributed by atoms with E-state index >= 15 is 0 Å². The second kappa shape index (κ2) is 6.61. The van der Waals surface area contributed by atoms with Crippen molar-refractivity contribution in [3.8, 4) is 0 Å². The molecule has 0 saturated heterocycles. The van der Waals surface area contributed by atoms with Gasteiger partial charge in [-0.25, -0.2) is 0 Å². The van der Waals surface area contributed by atoms with Crippen molar-refractivity contribution in [1.29, 1.82) is 0 Å². The van der Waals surface area contributed by atoms with Gasteiger partial charge in [-0.3, -0.25) is 9.59 Å². The van der Waals surface area contributed by atoms with Crippen molar-refractivity contribution in [1.82, 2.24) is 0 Å². The lowest BCUT2D eigenvalue weighted by atomic mass is 9.89. The van der Waals surface area contributed by atoms with E-state index in [1.807, 2.05) is 32.9 Å². The van der Waals surface area contributed by atoms with Crippen LogP contribution in [-0.4, -0.2) is 22.7 Å². The summed E-state index contributed by atoms with van der Waals surface area (Å²) in [6, 6.07) is 7.19. The predicted molar refractivity (Wildman–Crippen MR) is 77.5 cm³/mol. The number of hydrogen-bond acceptors (Lipinski definition) is 3. The van der Waals surface area contributed by atoms with E-state index in [4.69, 9.17) is 5.11 Å². The number of thioether (sulfide) groups is 1. The second-order valence-corrected chi connectivity index (χ2v) is 5.95. The Morgan fingerprint density at radius 1 is 1.26 bits per heavy atom. The minimum Gasteiger partial charge on any atom is -0.481 e. The zero-order valence-corrected chi connectivity index (χ0v) is 12.2. The molecule has 5 heteroatoms. The quantitative estimate of drug-likeness (QED) is 0.786. The average molecular weight is 281 g/mol. The molecule has 0 atom stereocenters. The van der Waals surface area contributed by atoms with E-state index in [-0.39, 0.29) is 11.7 Å². The summed E-state index contributed by atoms with van der Waals surface area (Å²) in [5.74, 6) is -0.817. The molecule has 0 fully saturated rings. The molecule has 1 amide bonds. The van der Waals surface area contributed by atoms with E-state index in [1.54, 1.807) is 12.1 Å².